The molecule has 18 heavy (non-hydrogen) atoms. The molecule has 98 valence electrons. The lowest BCUT2D eigenvalue weighted by molar-refractivity contribution is 0.0696. The maximum Gasteiger partial charge on any atom is 0.335 e. The summed E-state index contributed by atoms with van der Waals surface area (Å²) in [6.45, 7) is 5.22. The summed E-state index contributed by atoms with van der Waals surface area (Å²) < 4.78 is 0. The van der Waals surface area contributed by atoms with Crippen molar-refractivity contribution in [2.45, 2.75) is 19.4 Å². The van der Waals surface area contributed by atoms with Crippen molar-refractivity contribution < 1.29 is 9.90 Å². The molecular weight excluding hydrogens is 228 g/mol. The van der Waals surface area contributed by atoms with Gasteiger partial charge in [0.15, 0.2) is 0 Å². The van der Waals surface area contributed by atoms with E-state index < -0.39 is 5.97 Å². The van der Waals surface area contributed by atoms with Gasteiger partial charge in [-0.15, -0.1) is 0 Å². The van der Waals surface area contributed by atoms with Crippen molar-refractivity contribution in [1.29, 1.82) is 0 Å². The summed E-state index contributed by atoms with van der Waals surface area (Å²) in [6.07, 6.45) is 0.903. The van der Waals surface area contributed by atoms with E-state index in [-0.39, 0.29) is 0 Å². The van der Waals surface area contributed by atoms with Crippen molar-refractivity contribution >= 4 is 5.97 Å². The lowest BCUT2D eigenvalue weighted by atomic mass is 9.92. The third kappa shape index (κ3) is 3.31. The molecule has 1 aliphatic rings. The van der Waals surface area contributed by atoms with Gasteiger partial charge in [0, 0.05) is 25.7 Å². The van der Waals surface area contributed by atoms with Crippen LogP contribution in [0.15, 0.2) is 24.3 Å². The Kier molecular flexibility index (Phi) is 4.33. The van der Waals surface area contributed by atoms with Crippen molar-refractivity contribution in [3.8, 4) is 0 Å². The first-order valence-corrected chi connectivity index (χ1v) is 6.43. The molecule has 2 rings (SSSR count). The molecule has 0 aromatic heterocycles. The Labute approximate surface area is 107 Å². The second kappa shape index (κ2) is 5.98. The summed E-state index contributed by atoms with van der Waals surface area (Å²) in [4.78, 5) is 10.9. The molecule has 4 nitrogen and oxygen atoms in total. The van der Waals surface area contributed by atoms with Crippen LogP contribution in [0, 0.1) is 5.92 Å². The van der Waals surface area contributed by atoms with Gasteiger partial charge in [0.2, 0.25) is 0 Å². The van der Waals surface area contributed by atoms with E-state index in [9.17, 15) is 4.79 Å². The molecule has 1 heterocycles. The molecule has 1 fully saturated rings. The largest absolute Gasteiger partial charge is 0.478 e. The highest BCUT2D eigenvalue weighted by Crippen LogP contribution is 2.14. The number of nitrogens with one attached hydrogen (secondary N) is 2. The van der Waals surface area contributed by atoms with Crippen LogP contribution in [0.3, 0.4) is 0 Å². The van der Waals surface area contributed by atoms with E-state index >= 15 is 0 Å². The number of piperazine rings is 1. The van der Waals surface area contributed by atoms with Crippen LogP contribution in [-0.4, -0.2) is 36.8 Å². The first-order chi connectivity index (χ1) is 8.66. The first-order valence-electron chi connectivity index (χ1n) is 6.43. The third-order valence-corrected chi connectivity index (χ3v) is 3.49. The zero-order valence-corrected chi connectivity index (χ0v) is 10.6. The molecule has 1 aromatic rings. The maximum atomic E-state index is 10.9. The summed E-state index contributed by atoms with van der Waals surface area (Å²) in [5.74, 6) is -0.371. The summed E-state index contributed by atoms with van der Waals surface area (Å²) in [6, 6.07) is 7.69. The molecule has 0 amide bonds. The van der Waals surface area contributed by atoms with Gasteiger partial charge in [0.25, 0.3) is 0 Å². The molecular formula is C14H20N2O2. The van der Waals surface area contributed by atoms with E-state index in [1.807, 2.05) is 12.1 Å². The predicted molar refractivity (Wildman–Crippen MR) is 70.9 cm³/mol. The molecule has 1 aliphatic heterocycles. The number of carboxylic acids is 1. The Bertz CT molecular complexity index is 414. The summed E-state index contributed by atoms with van der Waals surface area (Å²) >= 11 is 0. The van der Waals surface area contributed by atoms with Crippen LogP contribution < -0.4 is 10.6 Å². The van der Waals surface area contributed by atoms with E-state index in [2.05, 4.69) is 17.6 Å². The van der Waals surface area contributed by atoms with Crippen LogP contribution in [0.1, 0.15) is 22.8 Å². The van der Waals surface area contributed by atoms with Gasteiger partial charge in [0.1, 0.15) is 0 Å². The van der Waals surface area contributed by atoms with Gasteiger partial charge < -0.3 is 15.7 Å². The SMILES string of the molecule is C[C@@H](Cc1cccc(C(=O)O)c1)C1CNCCN1. The number of hydrogen-bond acceptors (Lipinski definition) is 3. The smallest absolute Gasteiger partial charge is 0.335 e. The van der Waals surface area contributed by atoms with Crippen molar-refractivity contribution in [2.24, 2.45) is 5.92 Å². The van der Waals surface area contributed by atoms with Crippen LogP contribution in [-0.2, 0) is 6.42 Å². The number of aromatic carboxylic acids is 1. The Balaban J connectivity index is 1.99. The Morgan fingerprint density at radius 3 is 3.00 bits per heavy atom. The van der Waals surface area contributed by atoms with Crippen LogP contribution in [0.25, 0.3) is 0 Å². The zero-order valence-electron chi connectivity index (χ0n) is 10.6. The molecule has 0 bridgehead atoms. The monoisotopic (exact) mass is 248 g/mol. The Morgan fingerprint density at radius 2 is 2.33 bits per heavy atom. The van der Waals surface area contributed by atoms with E-state index in [1.165, 1.54) is 0 Å². The van der Waals surface area contributed by atoms with Gasteiger partial charge in [-0.2, -0.15) is 0 Å². The van der Waals surface area contributed by atoms with E-state index in [0.717, 1.165) is 31.6 Å². The topological polar surface area (TPSA) is 61.4 Å². The standard InChI is InChI=1S/C14H20N2O2/c1-10(13-9-15-5-6-16-13)7-11-3-2-4-12(8-11)14(17)18/h2-4,8,10,13,15-16H,5-7,9H2,1H3,(H,17,18)/t10-,13?/m0/s1. The highest BCUT2D eigenvalue weighted by Gasteiger charge is 2.19. The molecule has 2 atom stereocenters. The summed E-state index contributed by atoms with van der Waals surface area (Å²) in [7, 11) is 0. The number of carboxylic acid groups (broad SMARTS) is 1. The first kappa shape index (κ1) is 13.1. The van der Waals surface area contributed by atoms with Crippen molar-refractivity contribution in [3.63, 3.8) is 0 Å². The van der Waals surface area contributed by atoms with Crippen LogP contribution in [0.5, 0.6) is 0 Å². The second-order valence-corrected chi connectivity index (χ2v) is 4.95. The van der Waals surface area contributed by atoms with Crippen LogP contribution >= 0.6 is 0 Å². The van der Waals surface area contributed by atoms with E-state index in [4.69, 9.17) is 5.11 Å². The van der Waals surface area contributed by atoms with Gasteiger partial charge in [-0.05, 0) is 30.0 Å². The molecule has 0 spiro atoms. The third-order valence-electron chi connectivity index (χ3n) is 3.49. The minimum Gasteiger partial charge on any atom is -0.478 e. The molecule has 1 saturated heterocycles. The quantitative estimate of drug-likeness (QED) is 0.747. The fraction of sp³-hybridized carbons (Fsp3) is 0.500. The highest BCUT2D eigenvalue weighted by molar-refractivity contribution is 5.87. The van der Waals surface area contributed by atoms with Crippen molar-refractivity contribution in [2.75, 3.05) is 19.6 Å². The molecule has 1 unspecified atom stereocenters. The predicted octanol–water partition coefficient (Wildman–Crippen LogP) is 1.12. The summed E-state index contributed by atoms with van der Waals surface area (Å²) in [5.41, 5.74) is 1.46. The highest BCUT2D eigenvalue weighted by atomic mass is 16.4. The summed E-state index contributed by atoms with van der Waals surface area (Å²) in [5, 5.41) is 15.8. The van der Waals surface area contributed by atoms with Gasteiger partial charge in [-0.3, -0.25) is 0 Å². The fourth-order valence-electron chi connectivity index (χ4n) is 2.42. The lowest BCUT2D eigenvalue weighted by Crippen LogP contribution is -2.51. The molecule has 0 radical (unpaired) electrons. The number of hydrogen-bond donors (Lipinski definition) is 3. The minimum atomic E-state index is -0.859. The average molecular weight is 248 g/mol. The molecule has 3 N–H and O–H groups in total. The van der Waals surface area contributed by atoms with Gasteiger partial charge in [0.05, 0.1) is 5.56 Å². The molecule has 0 aliphatic carbocycles. The molecule has 4 heteroatoms. The number of rotatable bonds is 4. The van der Waals surface area contributed by atoms with Crippen LogP contribution in [0.2, 0.25) is 0 Å². The van der Waals surface area contributed by atoms with Gasteiger partial charge in [-0.25, -0.2) is 4.79 Å². The van der Waals surface area contributed by atoms with E-state index in [1.54, 1.807) is 12.1 Å². The van der Waals surface area contributed by atoms with E-state index in [0.29, 0.717) is 17.5 Å². The zero-order chi connectivity index (χ0) is 13.0. The fourth-order valence-corrected chi connectivity index (χ4v) is 2.42. The Morgan fingerprint density at radius 1 is 1.50 bits per heavy atom. The number of benzene rings is 1. The van der Waals surface area contributed by atoms with Gasteiger partial charge in [-0.1, -0.05) is 19.1 Å². The molecule has 1 aromatic carbocycles. The second-order valence-electron chi connectivity index (χ2n) is 4.95. The lowest BCUT2D eigenvalue weighted by Gasteiger charge is -2.29. The normalized spacial score (nSPS) is 21.5. The number of carbonyl (C=O) groups is 1. The van der Waals surface area contributed by atoms with Crippen molar-refractivity contribution in [3.05, 3.63) is 35.4 Å². The minimum absolute atomic E-state index is 0.370. The average Bonchev–Trinajstić information content (AvgIpc) is 2.40. The maximum absolute atomic E-state index is 10.9. The molecule has 0 saturated carbocycles. The van der Waals surface area contributed by atoms with Gasteiger partial charge >= 0.3 is 5.97 Å². The Hall–Kier alpha value is -1.39. The van der Waals surface area contributed by atoms with Crippen molar-refractivity contribution in [1.82, 2.24) is 10.6 Å². The van der Waals surface area contributed by atoms with Crippen LogP contribution in [0.4, 0.5) is 0 Å².